The lowest BCUT2D eigenvalue weighted by Crippen LogP contribution is -2.42. The minimum absolute atomic E-state index is 0.181. The van der Waals surface area contributed by atoms with E-state index in [0.29, 0.717) is 11.3 Å². The van der Waals surface area contributed by atoms with Crippen molar-refractivity contribution in [3.05, 3.63) is 65.7 Å². The molecule has 0 aromatic heterocycles. The first-order chi connectivity index (χ1) is 13.5. The lowest BCUT2D eigenvalue weighted by atomic mass is 10.1. The molecule has 2 aromatic rings. The molecule has 2 amide bonds. The highest BCUT2D eigenvalue weighted by atomic mass is 16.5. The van der Waals surface area contributed by atoms with Gasteiger partial charge >= 0.3 is 5.97 Å². The molecule has 2 rings (SSSR count). The van der Waals surface area contributed by atoms with Crippen LogP contribution in [0.3, 0.4) is 0 Å². The van der Waals surface area contributed by atoms with Crippen molar-refractivity contribution in [3.8, 4) is 5.75 Å². The fourth-order valence-corrected chi connectivity index (χ4v) is 2.53. The number of hydrogen-bond acceptors (Lipinski definition) is 5. The summed E-state index contributed by atoms with van der Waals surface area (Å²) in [6.45, 7) is 1.76. The van der Waals surface area contributed by atoms with Gasteiger partial charge in [-0.05, 0) is 36.8 Å². The molecule has 28 heavy (non-hydrogen) atoms. The van der Waals surface area contributed by atoms with E-state index in [1.54, 1.807) is 50.4 Å². The summed E-state index contributed by atoms with van der Waals surface area (Å²) in [4.78, 5) is 38.0. The van der Waals surface area contributed by atoms with Crippen molar-refractivity contribution < 1.29 is 23.9 Å². The second kappa shape index (κ2) is 10.7. The Hall–Kier alpha value is -3.35. The number of nitrogens with one attached hydrogen (secondary N) is 1. The number of methoxy groups -OCH3 is 1. The van der Waals surface area contributed by atoms with Gasteiger partial charge in [-0.25, -0.2) is 0 Å². The molecule has 0 aliphatic rings. The van der Waals surface area contributed by atoms with Gasteiger partial charge in [0.2, 0.25) is 5.91 Å². The number of carbonyl (C=O) groups excluding carboxylic acids is 3. The quantitative estimate of drug-likeness (QED) is 0.669. The molecule has 7 nitrogen and oxygen atoms in total. The van der Waals surface area contributed by atoms with Crippen LogP contribution in [0.1, 0.15) is 22.8 Å². The lowest BCUT2D eigenvalue weighted by molar-refractivity contribution is -0.143. The first-order valence-corrected chi connectivity index (χ1v) is 8.93. The van der Waals surface area contributed by atoms with Gasteiger partial charge in [0.15, 0.2) is 0 Å². The third-order valence-electron chi connectivity index (χ3n) is 3.91. The van der Waals surface area contributed by atoms with Crippen LogP contribution in [0.4, 0.5) is 0 Å². The van der Waals surface area contributed by atoms with Gasteiger partial charge in [-0.2, -0.15) is 0 Å². The maximum absolute atomic E-state index is 12.9. The number of ether oxygens (including phenoxy) is 2. The van der Waals surface area contributed by atoms with E-state index >= 15 is 0 Å². The van der Waals surface area contributed by atoms with Crippen molar-refractivity contribution >= 4 is 17.8 Å². The van der Waals surface area contributed by atoms with Gasteiger partial charge < -0.3 is 19.7 Å². The average Bonchev–Trinajstić information content (AvgIpc) is 2.72. The van der Waals surface area contributed by atoms with Crippen molar-refractivity contribution in [1.82, 2.24) is 10.2 Å². The van der Waals surface area contributed by atoms with Crippen molar-refractivity contribution in [2.75, 3.05) is 26.8 Å². The van der Waals surface area contributed by atoms with Crippen LogP contribution >= 0.6 is 0 Å². The predicted molar refractivity (Wildman–Crippen MR) is 104 cm³/mol. The number of nitrogens with zero attached hydrogens (tertiary/aromatic N) is 1. The molecule has 0 spiro atoms. The lowest BCUT2D eigenvalue weighted by Gasteiger charge is -2.22. The van der Waals surface area contributed by atoms with Crippen LogP contribution in [0, 0.1) is 0 Å². The van der Waals surface area contributed by atoms with Gasteiger partial charge in [-0.15, -0.1) is 0 Å². The molecule has 7 heteroatoms. The Bertz CT molecular complexity index is 790. The molecule has 0 heterocycles. The number of rotatable bonds is 9. The van der Waals surface area contributed by atoms with E-state index in [2.05, 4.69) is 5.32 Å². The zero-order valence-corrected chi connectivity index (χ0v) is 16.0. The number of esters is 1. The second-order valence-corrected chi connectivity index (χ2v) is 5.96. The van der Waals surface area contributed by atoms with Crippen molar-refractivity contribution in [3.63, 3.8) is 0 Å². The average molecular weight is 384 g/mol. The molecule has 0 aliphatic carbocycles. The Labute approximate surface area is 164 Å². The number of hydrogen-bond donors (Lipinski definition) is 1. The van der Waals surface area contributed by atoms with E-state index in [-0.39, 0.29) is 32.1 Å². The first-order valence-electron chi connectivity index (χ1n) is 8.93. The van der Waals surface area contributed by atoms with Crippen LogP contribution in [-0.4, -0.2) is 49.5 Å². The molecule has 0 aliphatic heterocycles. The standard InChI is InChI=1S/C21H24N2O5/c1-3-28-20(25)13-22-19(24)15-23(21(26)17-7-5-4-6-8-17)14-16-9-11-18(27-2)12-10-16/h4-12H,3,13-15H2,1-2H3,(H,22,24). The Morgan fingerprint density at radius 1 is 1.00 bits per heavy atom. The number of carbonyl (C=O) groups is 3. The van der Waals surface area contributed by atoms with Crippen LogP contribution in [0.5, 0.6) is 5.75 Å². The van der Waals surface area contributed by atoms with Crippen LogP contribution in [0.25, 0.3) is 0 Å². The zero-order chi connectivity index (χ0) is 20.4. The molecular formula is C21H24N2O5. The number of amides is 2. The predicted octanol–water partition coefficient (Wildman–Crippen LogP) is 2.02. The van der Waals surface area contributed by atoms with Crippen molar-refractivity contribution in [2.24, 2.45) is 0 Å². The molecule has 0 atom stereocenters. The van der Waals surface area contributed by atoms with Gasteiger partial charge in [0.25, 0.3) is 5.91 Å². The smallest absolute Gasteiger partial charge is 0.325 e. The van der Waals surface area contributed by atoms with E-state index in [0.717, 1.165) is 5.56 Å². The van der Waals surface area contributed by atoms with E-state index in [1.165, 1.54) is 4.90 Å². The Morgan fingerprint density at radius 3 is 2.29 bits per heavy atom. The summed E-state index contributed by atoms with van der Waals surface area (Å²) in [7, 11) is 1.58. The van der Waals surface area contributed by atoms with E-state index in [9.17, 15) is 14.4 Å². The summed E-state index contributed by atoms with van der Waals surface area (Å²) in [5.41, 5.74) is 1.33. The summed E-state index contributed by atoms with van der Waals surface area (Å²) in [6.07, 6.45) is 0. The molecular weight excluding hydrogens is 360 g/mol. The van der Waals surface area contributed by atoms with E-state index in [4.69, 9.17) is 9.47 Å². The van der Waals surface area contributed by atoms with Crippen LogP contribution in [0.15, 0.2) is 54.6 Å². The van der Waals surface area contributed by atoms with Gasteiger partial charge in [-0.1, -0.05) is 30.3 Å². The topological polar surface area (TPSA) is 84.9 Å². The van der Waals surface area contributed by atoms with Crippen LogP contribution in [-0.2, 0) is 20.9 Å². The molecule has 0 saturated heterocycles. The third kappa shape index (κ3) is 6.42. The Kier molecular flexibility index (Phi) is 8.02. The summed E-state index contributed by atoms with van der Waals surface area (Å²) in [6, 6.07) is 16.0. The van der Waals surface area contributed by atoms with E-state index in [1.807, 2.05) is 18.2 Å². The highest BCUT2D eigenvalue weighted by molar-refractivity contribution is 5.96. The third-order valence-corrected chi connectivity index (χ3v) is 3.91. The zero-order valence-electron chi connectivity index (χ0n) is 16.0. The van der Waals surface area contributed by atoms with E-state index < -0.39 is 11.9 Å². The minimum atomic E-state index is -0.521. The molecule has 1 N–H and O–H groups in total. The van der Waals surface area contributed by atoms with Crippen molar-refractivity contribution in [1.29, 1.82) is 0 Å². The largest absolute Gasteiger partial charge is 0.497 e. The molecule has 0 unspecified atom stereocenters. The van der Waals surface area contributed by atoms with Crippen LogP contribution < -0.4 is 10.1 Å². The Balaban J connectivity index is 2.10. The molecule has 2 aromatic carbocycles. The monoisotopic (exact) mass is 384 g/mol. The molecule has 0 bridgehead atoms. The summed E-state index contributed by atoms with van der Waals surface area (Å²) >= 11 is 0. The SMILES string of the molecule is CCOC(=O)CNC(=O)CN(Cc1ccc(OC)cc1)C(=O)c1ccccc1. The minimum Gasteiger partial charge on any atom is -0.497 e. The summed E-state index contributed by atoms with van der Waals surface area (Å²) in [5, 5.41) is 2.48. The maximum Gasteiger partial charge on any atom is 0.325 e. The Morgan fingerprint density at radius 2 is 1.68 bits per heavy atom. The highest BCUT2D eigenvalue weighted by Crippen LogP contribution is 2.14. The fraction of sp³-hybridized carbons (Fsp3) is 0.286. The van der Waals surface area contributed by atoms with Gasteiger partial charge in [0.05, 0.1) is 13.7 Å². The molecule has 0 radical (unpaired) electrons. The highest BCUT2D eigenvalue weighted by Gasteiger charge is 2.19. The molecule has 0 fully saturated rings. The second-order valence-electron chi connectivity index (χ2n) is 5.96. The summed E-state index contributed by atoms with van der Waals surface area (Å²) in [5.74, 6) is -0.530. The normalized spacial score (nSPS) is 10.1. The van der Waals surface area contributed by atoms with Gasteiger partial charge in [0, 0.05) is 12.1 Å². The maximum atomic E-state index is 12.9. The molecule has 148 valence electrons. The van der Waals surface area contributed by atoms with Crippen LogP contribution in [0.2, 0.25) is 0 Å². The van der Waals surface area contributed by atoms with Crippen molar-refractivity contribution in [2.45, 2.75) is 13.5 Å². The molecule has 0 saturated carbocycles. The first kappa shape index (κ1) is 21.0. The van der Waals surface area contributed by atoms with Gasteiger partial charge in [0.1, 0.15) is 18.8 Å². The number of benzene rings is 2. The van der Waals surface area contributed by atoms with Gasteiger partial charge in [-0.3, -0.25) is 14.4 Å². The summed E-state index contributed by atoms with van der Waals surface area (Å²) < 4.78 is 9.93. The fourth-order valence-electron chi connectivity index (χ4n) is 2.53.